The zero-order valence-corrected chi connectivity index (χ0v) is 21.2. The molecule has 0 amide bonds. The number of Topliss-reactive ketones (excluding diaryl/α,β-unsaturated/α-hetero) is 1. The summed E-state index contributed by atoms with van der Waals surface area (Å²) in [5.74, 6) is 0.266. The van der Waals surface area contributed by atoms with Crippen LogP contribution >= 0.6 is 0 Å². The Morgan fingerprint density at radius 2 is 1.31 bits per heavy atom. The number of nitro benzene ring substituents is 2. The molecule has 0 radical (unpaired) electrons. The molecule has 0 aromatic heterocycles. The molecule has 1 aliphatic rings. The summed E-state index contributed by atoms with van der Waals surface area (Å²) in [6.45, 7) is 11.8. The van der Waals surface area contributed by atoms with Gasteiger partial charge in [-0.3, -0.25) is 25.0 Å². The summed E-state index contributed by atoms with van der Waals surface area (Å²) < 4.78 is 5.90. The molecule has 0 saturated heterocycles. The van der Waals surface area contributed by atoms with Crippen LogP contribution in [0.3, 0.4) is 0 Å². The van der Waals surface area contributed by atoms with Crippen LogP contribution in [0.5, 0.6) is 5.75 Å². The zero-order valence-electron chi connectivity index (χ0n) is 21.2. The number of benzene rings is 2. The van der Waals surface area contributed by atoms with E-state index in [2.05, 4.69) is 4.99 Å². The van der Waals surface area contributed by atoms with Gasteiger partial charge in [-0.15, -0.1) is 0 Å². The van der Waals surface area contributed by atoms with E-state index in [1.54, 1.807) is 24.3 Å². The van der Waals surface area contributed by atoms with Crippen LogP contribution in [-0.2, 0) is 11.4 Å². The maximum atomic E-state index is 13.2. The van der Waals surface area contributed by atoms with Crippen molar-refractivity contribution in [2.24, 2.45) is 15.8 Å². The smallest absolute Gasteiger partial charge is 0.271 e. The van der Waals surface area contributed by atoms with E-state index in [4.69, 9.17) is 4.74 Å². The second-order valence-electron chi connectivity index (χ2n) is 10.6. The van der Waals surface area contributed by atoms with E-state index < -0.39 is 20.7 Å². The molecule has 36 heavy (non-hydrogen) atoms. The number of hydrogen-bond donors (Lipinski definition) is 0. The normalized spacial score (nSPS) is 14.2. The fourth-order valence-corrected chi connectivity index (χ4v) is 3.64. The van der Waals surface area contributed by atoms with Gasteiger partial charge in [-0.1, -0.05) is 41.5 Å². The highest BCUT2D eigenvalue weighted by Crippen LogP contribution is 2.39. The summed E-state index contributed by atoms with van der Waals surface area (Å²) in [5.41, 5.74) is 1.58. The van der Waals surface area contributed by atoms with Crippen LogP contribution in [0.25, 0.3) is 0 Å². The second kappa shape index (κ2) is 9.85. The van der Waals surface area contributed by atoms with Gasteiger partial charge >= 0.3 is 0 Å². The topological polar surface area (TPSA) is 125 Å². The van der Waals surface area contributed by atoms with Crippen LogP contribution in [0, 0.1) is 31.1 Å². The van der Waals surface area contributed by atoms with Gasteiger partial charge in [0.2, 0.25) is 0 Å². The lowest BCUT2D eigenvalue weighted by atomic mass is 9.72. The van der Waals surface area contributed by atoms with E-state index in [0.29, 0.717) is 28.2 Å². The first-order valence-electron chi connectivity index (χ1n) is 11.4. The van der Waals surface area contributed by atoms with Crippen LogP contribution in [-0.4, -0.2) is 21.3 Å². The molecule has 0 unspecified atom stereocenters. The summed E-state index contributed by atoms with van der Waals surface area (Å²) >= 11 is 0. The molecule has 0 heterocycles. The Labute approximate surface area is 209 Å². The van der Waals surface area contributed by atoms with Crippen molar-refractivity contribution in [2.75, 3.05) is 0 Å². The van der Waals surface area contributed by atoms with Crippen molar-refractivity contribution < 1.29 is 19.4 Å². The van der Waals surface area contributed by atoms with E-state index in [-0.39, 0.29) is 29.5 Å². The molecule has 0 aliphatic heterocycles. The number of allylic oxidation sites excluding steroid dienone is 4. The van der Waals surface area contributed by atoms with Crippen LogP contribution in [0.2, 0.25) is 0 Å². The highest BCUT2D eigenvalue weighted by Gasteiger charge is 2.34. The Balaban J connectivity index is 2.05. The summed E-state index contributed by atoms with van der Waals surface area (Å²) in [6.07, 6.45) is 3.44. The van der Waals surface area contributed by atoms with Crippen LogP contribution < -0.4 is 4.74 Å². The fourth-order valence-electron chi connectivity index (χ4n) is 3.64. The average Bonchev–Trinajstić information content (AvgIpc) is 2.77. The Morgan fingerprint density at radius 3 is 1.78 bits per heavy atom. The predicted molar refractivity (Wildman–Crippen MR) is 138 cm³/mol. The van der Waals surface area contributed by atoms with Gasteiger partial charge in [0.05, 0.1) is 15.6 Å². The Kier molecular flexibility index (Phi) is 7.24. The number of carbonyl (C=O) groups excluding carboxylic acids is 1. The molecule has 188 valence electrons. The number of nitrogens with zero attached hydrogens (tertiary/aromatic N) is 3. The van der Waals surface area contributed by atoms with Crippen molar-refractivity contribution in [3.05, 3.63) is 91.6 Å². The Bertz CT molecular complexity index is 1270. The third-order valence-corrected chi connectivity index (χ3v) is 5.63. The number of hydrogen-bond acceptors (Lipinski definition) is 7. The Hall–Kier alpha value is -4.14. The van der Waals surface area contributed by atoms with Gasteiger partial charge in [-0.25, -0.2) is 4.99 Å². The number of carbonyl (C=O) groups is 1. The van der Waals surface area contributed by atoms with Gasteiger partial charge in [-0.05, 0) is 46.7 Å². The molecule has 0 N–H and O–H groups in total. The molecule has 2 aromatic rings. The first-order chi connectivity index (χ1) is 16.7. The maximum absolute atomic E-state index is 13.2. The quantitative estimate of drug-likeness (QED) is 0.252. The lowest BCUT2D eigenvalue weighted by molar-refractivity contribution is -0.385. The first kappa shape index (κ1) is 26.5. The summed E-state index contributed by atoms with van der Waals surface area (Å²) in [4.78, 5) is 39.2. The lowest BCUT2D eigenvalue weighted by Gasteiger charge is -2.31. The van der Waals surface area contributed by atoms with Crippen molar-refractivity contribution in [3.8, 4) is 5.75 Å². The van der Waals surface area contributed by atoms with Crippen molar-refractivity contribution >= 4 is 28.6 Å². The largest absolute Gasteiger partial charge is 0.487 e. The monoisotopic (exact) mass is 491 g/mol. The number of rotatable bonds is 6. The summed E-state index contributed by atoms with van der Waals surface area (Å²) in [5, 5.41) is 22.3. The zero-order chi connectivity index (χ0) is 26.8. The molecule has 0 spiro atoms. The minimum absolute atomic E-state index is 0.0316. The van der Waals surface area contributed by atoms with Crippen molar-refractivity contribution in [1.29, 1.82) is 0 Å². The summed E-state index contributed by atoms with van der Waals surface area (Å²) in [7, 11) is 0. The van der Waals surface area contributed by atoms with Gasteiger partial charge in [0.1, 0.15) is 18.0 Å². The molecule has 2 aromatic carbocycles. The molecule has 0 fully saturated rings. The number of ether oxygens (including phenoxy) is 1. The molecule has 9 nitrogen and oxygen atoms in total. The molecule has 0 saturated carbocycles. The molecule has 9 heteroatoms. The third-order valence-electron chi connectivity index (χ3n) is 5.63. The van der Waals surface area contributed by atoms with E-state index >= 15 is 0 Å². The van der Waals surface area contributed by atoms with E-state index in [1.165, 1.54) is 30.3 Å². The van der Waals surface area contributed by atoms with E-state index in [0.717, 1.165) is 0 Å². The summed E-state index contributed by atoms with van der Waals surface area (Å²) in [6, 6.07) is 10.0. The number of nitro groups is 2. The van der Waals surface area contributed by atoms with Gasteiger partial charge < -0.3 is 4.74 Å². The van der Waals surface area contributed by atoms with Crippen LogP contribution in [0.15, 0.2) is 70.8 Å². The highest BCUT2D eigenvalue weighted by atomic mass is 16.6. The minimum Gasteiger partial charge on any atom is -0.487 e. The SMILES string of the molecule is CC(C)(C)C1=CC(=Nc2cc([N+](=O)[O-])ccc2OCc2ccc([N+](=O)[O-])cc2)C=C(C(C)(C)C)C1=O. The minimum atomic E-state index is -0.513. The van der Waals surface area contributed by atoms with E-state index in [9.17, 15) is 25.0 Å². The third kappa shape index (κ3) is 6.10. The standard InChI is InChI=1S/C27H29N3O6/c1-26(2,3)21-13-18(14-22(25(21)31)27(4,5)6)28-23-15-20(30(34)35)11-12-24(23)36-16-17-7-9-19(10-8-17)29(32)33/h7-15H,16H2,1-6H3. The number of non-ortho nitro benzene ring substituents is 2. The van der Waals surface area contributed by atoms with Crippen LogP contribution in [0.1, 0.15) is 47.1 Å². The predicted octanol–water partition coefficient (Wildman–Crippen LogP) is 6.68. The van der Waals surface area contributed by atoms with Gasteiger partial charge in [0, 0.05) is 35.4 Å². The molecular weight excluding hydrogens is 462 g/mol. The lowest BCUT2D eigenvalue weighted by Crippen LogP contribution is -2.29. The molecule has 0 bridgehead atoms. The van der Waals surface area contributed by atoms with Crippen molar-refractivity contribution in [1.82, 2.24) is 0 Å². The molecule has 3 rings (SSSR count). The van der Waals surface area contributed by atoms with Crippen molar-refractivity contribution in [2.45, 2.75) is 48.1 Å². The maximum Gasteiger partial charge on any atom is 0.271 e. The number of ketones is 1. The first-order valence-corrected chi connectivity index (χ1v) is 11.4. The highest BCUT2D eigenvalue weighted by molar-refractivity contribution is 6.23. The molecule has 0 atom stereocenters. The van der Waals surface area contributed by atoms with Crippen LogP contribution in [0.4, 0.5) is 17.1 Å². The van der Waals surface area contributed by atoms with Gasteiger partial charge in [0.15, 0.2) is 5.78 Å². The van der Waals surface area contributed by atoms with Gasteiger partial charge in [-0.2, -0.15) is 0 Å². The van der Waals surface area contributed by atoms with Gasteiger partial charge in [0.25, 0.3) is 11.4 Å². The molecule has 1 aliphatic carbocycles. The fraction of sp³-hybridized carbons (Fsp3) is 0.333. The number of aliphatic imine (C=N–C) groups is 1. The molecular formula is C27H29N3O6. The second-order valence-corrected chi connectivity index (χ2v) is 10.6. The van der Waals surface area contributed by atoms with E-state index in [1.807, 2.05) is 41.5 Å². The van der Waals surface area contributed by atoms with Crippen molar-refractivity contribution in [3.63, 3.8) is 0 Å². The Morgan fingerprint density at radius 1 is 0.806 bits per heavy atom. The average molecular weight is 492 g/mol.